The highest BCUT2D eigenvalue weighted by atomic mass is 35.5. The zero-order valence-electron chi connectivity index (χ0n) is 25.5. The van der Waals surface area contributed by atoms with E-state index in [1.54, 1.807) is 6.07 Å². The number of allylic oxidation sites excluding steroid dienone is 1. The van der Waals surface area contributed by atoms with Crippen molar-refractivity contribution in [2.24, 2.45) is 0 Å². The van der Waals surface area contributed by atoms with E-state index in [2.05, 4.69) is 85.0 Å². The van der Waals surface area contributed by atoms with Crippen LogP contribution in [0, 0.1) is 0 Å². The summed E-state index contributed by atoms with van der Waals surface area (Å²) in [6.45, 7) is 3.91. The molecule has 5 aromatic rings. The molecule has 1 amide bonds. The fourth-order valence-electron chi connectivity index (χ4n) is 4.99. The van der Waals surface area contributed by atoms with Gasteiger partial charge in [-0.3, -0.25) is 4.79 Å². The first-order valence-electron chi connectivity index (χ1n) is 14.9. The normalized spacial score (nSPS) is 14.6. The molecule has 2 aromatic heterocycles. The van der Waals surface area contributed by atoms with Crippen LogP contribution in [0.15, 0.2) is 109 Å². The van der Waals surface area contributed by atoms with Crippen LogP contribution in [-0.4, -0.2) is 42.3 Å². The van der Waals surface area contributed by atoms with Gasteiger partial charge < -0.3 is 24.2 Å². The van der Waals surface area contributed by atoms with Gasteiger partial charge in [0.2, 0.25) is 0 Å². The number of halogens is 2. The van der Waals surface area contributed by atoms with Crippen molar-refractivity contribution in [2.45, 2.75) is 38.4 Å². The summed E-state index contributed by atoms with van der Waals surface area (Å²) in [5.41, 5.74) is 2.75. The highest BCUT2D eigenvalue weighted by Gasteiger charge is 2.26. The fraction of sp³-hybridized carbons (Fsp3) is 0.200. The minimum atomic E-state index is -1.94. The van der Waals surface area contributed by atoms with Crippen LogP contribution in [-0.2, 0) is 23.6 Å². The molecule has 0 radical (unpaired) electrons. The molecule has 46 heavy (non-hydrogen) atoms. The standard InChI is InChI=1S/C35H34ClFN6O2S/c1-35(2,37)34(44)38-16-18-42-17-15-30-32(42)33(40-24-39-30)41-27-13-14-31(29(36)19-27)45-28-21-43(20-25-9-5-3-6-10-25)46(23-28)22-26-11-7-4-8-12-26/h3-15,17,19,21,23-24H,16,18,20,22H2,1-2H3,(H,38,44)(H,39,40,41). The molecule has 0 saturated heterocycles. The Labute approximate surface area is 274 Å². The molecular weight excluding hydrogens is 623 g/mol. The largest absolute Gasteiger partial charge is 0.454 e. The molecule has 1 aliphatic rings. The van der Waals surface area contributed by atoms with Crippen LogP contribution in [0.2, 0.25) is 5.02 Å². The lowest BCUT2D eigenvalue weighted by atomic mass is 10.1. The van der Waals surface area contributed by atoms with Crippen molar-refractivity contribution in [2.75, 3.05) is 11.9 Å². The van der Waals surface area contributed by atoms with E-state index in [4.69, 9.17) is 16.3 Å². The minimum Gasteiger partial charge on any atom is -0.454 e. The number of rotatable bonds is 12. The van der Waals surface area contributed by atoms with Crippen LogP contribution >= 0.6 is 22.3 Å². The number of nitrogens with one attached hydrogen (secondary N) is 2. The third-order valence-corrected chi connectivity index (χ3v) is 9.58. The third-order valence-electron chi connectivity index (χ3n) is 7.31. The second kappa shape index (κ2) is 13.8. The Balaban J connectivity index is 1.17. The molecule has 2 N–H and O–H groups in total. The van der Waals surface area contributed by atoms with Crippen LogP contribution in [0.5, 0.6) is 5.75 Å². The van der Waals surface area contributed by atoms with Crippen LogP contribution in [0.3, 0.4) is 0 Å². The molecule has 0 bridgehead atoms. The van der Waals surface area contributed by atoms with Crippen molar-refractivity contribution in [3.63, 3.8) is 0 Å². The first-order valence-corrected chi connectivity index (χ1v) is 16.6. The van der Waals surface area contributed by atoms with Gasteiger partial charge in [0.05, 0.1) is 23.3 Å². The lowest BCUT2D eigenvalue weighted by Gasteiger charge is -2.21. The Bertz CT molecular complexity index is 1910. The molecule has 1 atom stereocenters. The Morgan fingerprint density at radius 2 is 1.74 bits per heavy atom. The van der Waals surface area contributed by atoms with Gasteiger partial charge >= 0.3 is 0 Å². The van der Waals surface area contributed by atoms with Crippen LogP contribution in [0.1, 0.15) is 25.0 Å². The lowest BCUT2D eigenvalue weighted by Crippen LogP contribution is -2.40. The van der Waals surface area contributed by atoms with Crippen LogP contribution in [0.25, 0.3) is 11.0 Å². The lowest BCUT2D eigenvalue weighted by molar-refractivity contribution is -0.130. The predicted molar refractivity (Wildman–Crippen MR) is 185 cm³/mol. The summed E-state index contributed by atoms with van der Waals surface area (Å²) >= 11 is 6.74. The van der Waals surface area contributed by atoms with E-state index in [-0.39, 0.29) is 17.2 Å². The molecular formula is C35H34ClFN6O2S. The Morgan fingerprint density at radius 1 is 1.00 bits per heavy atom. The number of fused-ring (bicyclic) bond motifs is 1. The van der Waals surface area contributed by atoms with Gasteiger partial charge in [0.1, 0.15) is 17.6 Å². The number of hydrogen-bond donors (Lipinski definition) is 2. The Morgan fingerprint density at radius 3 is 2.46 bits per heavy atom. The smallest absolute Gasteiger partial charge is 0.257 e. The Hall–Kier alpha value is -4.67. The zero-order chi connectivity index (χ0) is 32.1. The van der Waals surface area contributed by atoms with Crippen LogP contribution in [0.4, 0.5) is 15.9 Å². The predicted octanol–water partition coefficient (Wildman–Crippen LogP) is 7.61. The van der Waals surface area contributed by atoms with Gasteiger partial charge in [0, 0.05) is 36.1 Å². The second-order valence-corrected chi connectivity index (χ2v) is 13.5. The number of amides is 1. The summed E-state index contributed by atoms with van der Waals surface area (Å²) in [5, 5.41) is 8.58. The van der Waals surface area contributed by atoms with E-state index in [0.717, 1.165) is 34.8 Å². The average Bonchev–Trinajstić information content (AvgIpc) is 3.63. The van der Waals surface area contributed by atoms with Crippen molar-refractivity contribution in [3.8, 4) is 5.75 Å². The number of benzene rings is 3. The van der Waals surface area contributed by atoms with Gasteiger partial charge in [-0.15, -0.1) is 0 Å². The number of ether oxygens (including phenoxy) is 1. The van der Waals surface area contributed by atoms with E-state index in [0.29, 0.717) is 23.1 Å². The number of nitrogens with zero attached hydrogens (tertiary/aromatic N) is 4. The number of hydrogen-bond acceptors (Lipinski definition) is 6. The molecule has 3 heterocycles. The van der Waals surface area contributed by atoms with E-state index in [9.17, 15) is 9.18 Å². The van der Waals surface area contributed by atoms with E-state index >= 15 is 0 Å². The van der Waals surface area contributed by atoms with E-state index in [1.165, 1.54) is 31.3 Å². The first-order chi connectivity index (χ1) is 22.2. The summed E-state index contributed by atoms with van der Waals surface area (Å²) < 4.78 is 24.5. The summed E-state index contributed by atoms with van der Waals surface area (Å²) in [6.07, 6.45) is 5.40. The fourth-order valence-corrected chi connectivity index (χ4v) is 7.06. The number of carbonyl (C=O) groups excluding carboxylic acids is 1. The maximum atomic E-state index is 13.9. The van der Waals surface area contributed by atoms with Gasteiger partial charge in [-0.2, -0.15) is 0 Å². The van der Waals surface area contributed by atoms with Crippen molar-refractivity contribution >= 4 is 56.1 Å². The maximum absolute atomic E-state index is 13.9. The molecule has 11 heteroatoms. The molecule has 0 saturated carbocycles. The van der Waals surface area contributed by atoms with Crippen LogP contribution < -0.4 is 15.4 Å². The van der Waals surface area contributed by atoms with Crippen molar-refractivity contribution in [1.29, 1.82) is 0 Å². The Kier molecular flexibility index (Phi) is 9.37. The van der Waals surface area contributed by atoms with Crippen molar-refractivity contribution in [3.05, 3.63) is 126 Å². The maximum Gasteiger partial charge on any atom is 0.257 e. The molecule has 1 unspecified atom stereocenters. The monoisotopic (exact) mass is 656 g/mol. The highest BCUT2D eigenvalue weighted by molar-refractivity contribution is 8.12. The second-order valence-electron chi connectivity index (χ2n) is 11.3. The number of alkyl halides is 1. The summed E-state index contributed by atoms with van der Waals surface area (Å²) in [7, 11) is -0.203. The first kappa shape index (κ1) is 31.3. The van der Waals surface area contributed by atoms with Gasteiger partial charge in [-0.25, -0.2) is 14.4 Å². The van der Waals surface area contributed by atoms with Gasteiger partial charge in [-0.1, -0.05) is 82.9 Å². The van der Waals surface area contributed by atoms with Gasteiger partial charge in [0.15, 0.2) is 17.2 Å². The zero-order valence-corrected chi connectivity index (χ0v) is 27.1. The molecule has 8 nitrogen and oxygen atoms in total. The van der Waals surface area contributed by atoms with Crippen molar-refractivity contribution < 1.29 is 13.9 Å². The molecule has 0 aliphatic carbocycles. The van der Waals surface area contributed by atoms with E-state index < -0.39 is 11.6 Å². The number of anilines is 2. The summed E-state index contributed by atoms with van der Waals surface area (Å²) in [4.78, 5) is 20.8. The molecule has 236 valence electrons. The van der Waals surface area contributed by atoms with Crippen molar-refractivity contribution in [1.82, 2.24) is 24.2 Å². The quantitative estimate of drug-likeness (QED) is 0.135. The topological polar surface area (TPSA) is 84.3 Å². The van der Waals surface area contributed by atoms with Gasteiger partial charge in [0.25, 0.3) is 5.91 Å². The minimum absolute atomic E-state index is 0.203. The molecule has 0 spiro atoms. The average molecular weight is 657 g/mol. The highest BCUT2D eigenvalue weighted by Crippen LogP contribution is 2.36. The molecule has 0 fully saturated rings. The summed E-state index contributed by atoms with van der Waals surface area (Å²) in [6, 6.07) is 28.2. The third kappa shape index (κ3) is 7.58. The molecule has 1 aliphatic heterocycles. The number of carbonyl (C=O) groups is 1. The van der Waals surface area contributed by atoms with E-state index in [1.807, 2.05) is 41.1 Å². The molecule has 3 aromatic carbocycles. The molecule has 6 rings (SSSR count). The van der Waals surface area contributed by atoms with Gasteiger partial charge in [-0.05, 0) is 49.2 Å². The number of aromatic nitrogens is 3. The summed E-state index contributed by atoms with van der Waals surface area (Å²) in [5.74, 6) is 2.09. The SMILES string of the molecule is CC(C)(F)C(=O)NCCn1ccc2ncnc(Nc3ccc(OC4=CN(Cc5ccccc5)S(Cc5ccccc5)=C4)c(Cl)c3)c21.